The third kappa shape index (κ3) is 6.92. The minimum absolute atomic E-state index is 1.07. The van der Waals surface area contributed by atoms with Gasteiger partial charge in [0, 0.05) is 68.8 Å². The zero-order chi connectivity index (χ0) is 47.5. The quantitative estimate of drug-likeness (QED) is 0.142. The summed E-state index contributed by atoms with van der Waals surface area (Å²) in [5, 5.41) is 11.7. The van der Waals surface area contributed by atoms with Gasteiger partial charge in [0.1, 0.15) is 0 Å². The molecule has 0 unspecified atom stereocenters. The van der Waals surface area contributed by atoms with Crippen LogP contribution in [0, 0.1) is 0 Å². The molecule has 11 aromatic carbocycles. The molecule has 0 fully saturated rings. The van der Waals surface area contributed by atoms with Crippen LogP contribution >= 0.6 is 0 Å². The van der Waals surface area contributed by atoms with Crippen LogP contribution in [0.5, 0.6) is 0 Å². The molecule has 0 aliphatic rings. The predicted octanol–water partition coefficient (Wildman–Crippen LogP) is 18.3. The molecule has 0 saturated heterocycles. The van der Waals surface area contributed by atoms with Crippen molar-refractivity contribution in [2.24, 2.45) is 0 Å². The summed E-state index contributed by atoms with van der Waals surface area (Å²) >= 11 is 0. The average molecular weight is 917 g/mol. The highest BCUT2D eigenvalue weighted by Crippen LogP contribution is 2.51. The van der Waals surface area contributed by atoms with E-state index in [1.807, 2.05) is 24.8 Å². The highest BCUT2D eigenvalue weighted by atomic mass is 15.1. The van der Waals surface area contributed by atoms with E-state index < -0.39 is 0 Å². The molecule has 4 nitrogen and oxygen atoms in total. The second kappa shape index (κ2) is 17.1. The Balaban J connectivity index is 1.06. The summed E-state index contributed by atoms with van der Waals surface area (Å²) in [7, 11) is 0. The van der Waals surface area contributed by atoms with E-state index in [0.29, 0.717) is 0 Å². The number of para-hydroxylation sites is 3. The van der Waals surface area contributed by atoms with Crippen molar-refractivity contribution < 1.29 is 0 Å². The van der Waals surface area contributed by atoms with Crippen LogP contribution in [0.1, 0.15) is 0 Å². The lowest BCUT2D eigenvalue weighted by molar-refractivity contribution is 1.18. The lowest BCUT2D eigenvalue weighted by Crippen LogP contribution is -2.11. The summed E-state index contributed by atoms with van der Waals surface area (Å²) in [6.07, 6.45) is 7.62. The molecule has 0 aliphatic carbocycles. The van der Waals surface area contributed by atoms with Gasteiger partial charge in [-0.2, -0.15) is 0 Å². The van der Waals surface area contributed by atoms with Crippen LogP contribution in [-0.4, -0.2) is 14.5 Å². The number of hydrogen-bond donors (Lipinski definition) is 0. The van der Waals surface area contributed by atoms with E-state index in [0.717, 1.165) is 66.9 Å². The minimum atomic E-state index is 1.07. The van der Waals surface area contributed by atoms with Crippen molar-refractivity contribution in [1.29, 1.82) is 0 Å². The molecular weight excluding hydrogens is 873 g/mol. The molecular formula is C68H44N4. The van der Waals surface area contributed by atoms with E-state index >= 15 is 0 Å². The Kier molecular flexibility index (Phi) is 9.82. The Bertz CT molecular complexity index is 4400. The number of fused-ring (bicyclic) bond motifs is 7. The fourth-order valence-electron chi connectivity index (χ4n) is 11.2. The topological polar surface area (TPSA) is 34.0 Å². The van der Waals surface area contributed by atoms with Gasteiger partial charge in [-0.25, -0.2) is 0 Å². The van der Waals surface area contributed by atoms with Gasteiger partial charge in [0.25, 0.3) is 0 Å². The molecule has 336 valence electrons. The first-order chi connectivity index (χ1) is 35.7. The summed E-state index contributed by atoms with van der Waals surface area (Å²) in [6, 6.07) is 88.9. The van der Waals surface area contributed by atoms with Crippen molar-refractivity contribution in [2.75, 3.05) is 4.90 Å². The fraction of sp³-hybridized carbons (Fsp3) is 0. The van der Waals surface area contributed by atoms with Crippen LogP contribution in [0.15, 0.2) is 267 Å². The average Bonchev–Trinajstić information content (AvgIpc) is 3.79. The van der Waals surface area contributed by atoms with Crippen molar-refractivity contribution >= 4 is 82.0 Å². The second-order valence-corrected chi connectivity index (χ2v) is 18.6. The van der Waals surface area contributed by atoms with E-state index in [9.17, 15) is 0 Å². The first kappa shape index (κ1) is 41.3. The van der Waals surface area contributed by atoms with Crippen LogP contribution in [0.3, 0.4) is 0 Å². The Hall–Kier alpha value is -9.64. The van der Waals surface area contributed by atoms with Crippen molar-refractivity contribution in [3.05, 3.63) is 267 Å². The molecule has 0 saturated carbocycles. The highest BCUT2D eigenvalue weighted by Gasteiger charge is 2.25. The summed E-state index contributed by atoms with van der Waals surface area (Å²) in [5.74, 6) is 0. The van der Waals surface area contributed by atoms with Gasteiger partial charge in [-0.05, 0) is 162 Å². The molecule has 0 N–H and O–H groups in total. The number of nitrogens with zero attached hydrogens (tertiary/aromatic N) is 4. The maximum absolute atomic E-state index is 4.46. The van der Waals surface area contributed by atoms with E-state index in [4.69, 9.17) is 0 Å². The smallest absolute Gasteiger partial charge is 0.0546 e. The van der Waals surface area contributed by atoms with E-state index in [2.05, 4.69) is 262 Å². The van der Waals surface area contributed by atoms with Crippen LogP contribution in [0.2, 0.25) is 0 Å². The Morgan fingerprint density at radius 3 is 1.62 bits per heavy atom. The number of benzene rings is 11. The monoisotopic (exact) mass is 916 g/mol. The normalized spacial score (nSPS) is 11.6. The number of anilines is 3. The number of aromatic nitrogens is 3. The first-order valence-electron chi connectivity index (χ1n) is 24.5. The number of rotatable bonds is 8. The van der Waals surface area contributed by atoms with Crippen LogP contribution < -0.4 is 4.90 Å². The Morgan fingerprint density at radius 1 is 0.306 bits per heavy atom. The predicted molar refractivity (Wildman–Crippen MR) is 303 cm³/mol. The highest BCUT2D eigenvalue weighted by molar-refractivity contribution is 6.25. The maximum atomic E-state index is 4.46. The van der Waals surface area contributed by atoms with E-state index in [1.54, 1.807) is 0 Å². The lowest BCUT2D eigenvalue weighted by Gasteiger charge is -2.29. The van der Waals surface area contributed by atoms with Gasteiger partial charge in [0.2, 0.25) is 0 Å². The van der Waals surface area contributed by atoms with Crippen molar-refractivity contribution in [3.63, 3.8) is 0 Å². The summed E-state index contributed by atoms with van der Waals surface area (Å²) in [5.41, 5.74) is 16.0. The first-order valence-corrected chi connectivity index (χ1v) is 24.5. The number of pyridine rings is 2. The fourth-order valence-corrected chi connectivity index (χ4v) is 11.2. The van der Waals surface area contributed by atoms with Gasteiger partial charge in [-0.15, -0.1) is 0 Å². The zero-order valence-electron chi connectivity index (χ0n) is 39.2. The molecule has 3 aromatic heterocycles. The lowest BCUT2D eigenvalue weighted by atomic mass is 9.84. The standard InChI is InChI=1S/C68H44N4/c1-3-18-55(19-4-1)71(57-32-33-64-62(42-57)58-22-9-10-26-63(58)72(64)56-20-5-2-6-21-56)65-27-13-25-61-66(51-16-11-14-46(39-51)48-30-31-53-43-69-37-35-50(53)38-48)59-23-7-8-24-60(59)67(68(61)65)52-17-12-15-47(40-52)49-29-28-45-34-36-70-44-54(45)41-49/h1-44H. The second-order valence-electron chi connectivity index (χ2n) is 18.6. The third-order valence-corrected chi connectivity index (χ3v) is 14.5. The van der Waals surface area contributed by atoms with Gasteiger partial charge in [0.05, 0.1) is 16.7 Å². The van der Waals surface area contributed by atoms with Gasteiger partial charge >= 0.3 is 0 Å². The van der Waals surface area contributed by atoms with Crippen molar-refractivity contribution in [2.45, 2.75) is 0 Å². The molecule has 14 rings (SSSR count). The SMILES string of the molecule is c1ccc(N(c2ccc3c(c2)c2ccccc2n3-c2ccccc2)c2cccc3c(-c4cccc(-c5ccc6cnccc6c5)c4)c4ccccc4c(-c4cccc(-c5ccc6ccncc6c5)c4)c23)cc1. The molecule has 0 amide bonds. The molecule has 0 aliphatic heterocycles. The summed E-state index contributed by atoms with van der Waals surface area (Å²) in [4.78, 5) is 11.3. The third-order valence-electron chi connectivity index (χ3n) is 14.5. The maximum Gasteiger partial charge on any atom is 0.0546 e. The molecule has 72 heavy (non-hydrogen) atoms. The molecule has 0 radical (unpaired) electrons. The van der Waals surface area contributed by atoms with E-state index in [-0.39, 0.29) is 0 Å². The largest absolute Gasteiger partial charge is 0.310 e. The summed E-state index contributed by atoms with van der Waals surface area (Å²) < 4.78 is 2.39. The zero-order valence-corrected chi connectivity index (χ0v) is 39.2. The van der Waals surface area contributed by atoms with Gasteiger partial charge < -0.3 is 9.47 Å². The van der Waals surface area contributed by atoms with Crippen molar-refractivity contribution in [3.8, 4) is 50.2 Å². The van der Waals surface area contributed by atoms with E-state index in [1.165, 1.54) is 65.3 Å². The summed E-state index contributed by atoms with van der Waals surface area (Å²) in [6.45, 7) is 0. The molecule has 4 heteroatoms. The van der Waals surface area contributed by atoms with Gasteiger partial charge in [0.15, 0.2) is 0 Å². The minimum Gasteiger partial charge on any atom is -0.310 e. The number of hydrogen-bond acceptors (Lipinski definition) is 3. The van der Waals surface area contributed by atoms with Crippen LogP contribution in [-0.2, 0) is 0 Å². The molecule has 3 heterocycles. The molecule has 0 bridgehead atoms. The van der Waals surface area contributed by atoms with Gasteiger partial charge in [-0.1, -0.05) is 152 Å². The Morgan fingerprint density at radius 2 is 0.861 bits per heavy atom. The molecule has 0 atom stereocenters. The van der Waals surface area contributed by atoms with Gasteiger partial charge in [-0.3, -0.25) is 9.97 Å². The van der Waals surface area contributed by atoms with Crippen molar-refractivity contribution in [1.82, 2.24) is 14.5 Å². The van der Waals surface area contributed by atoms with Crippen LogP contribution in [0.25, 0.3) is 115 Å². The Labute approximate surface area is 417 Å². The van der Waals surface area contributed by atoms with Crippen LogP contribution in [0.4, 0.5) is 17.1 Å². The molecule has 14 aromatic rings. The molecule has 0 spiro atoms.